The molecule has 3 N–H and O–H groups in total. The molecule has 1 heterocycles. The van der Waals surface area contributed by atoms with Crippen molar-refractivity contribution in [2.24, 2.45) is 5.16 Å². The molecular formula is C5H5N3O3. The standard InChI is InChI=1S/C5H5N3O3/c1-2-3(8-11)4(9)7-5(10)6-2/h11H,1H2,(H2,6,7,9,10)/b8-3+. The number of carbonyl (C=O) groups excluding carboxylic acids is 2. The van der Waals surface area contributed by atoms with Gasteiger partial charge in [0.15, 0.2) is 5.71 Å². The molecule has 0 bridgehead atoms. The number of nitrogens with one attached hydrogen (secondary N) is 2. The second-order valence-corrected chi connectivity index (χ2v) is 1.84. The van der Waals surface area contributed by atoms with Crippen molar-refractivity contribution >= 4 is 17.6 Å². The molecular weight excluding hydrogens is 150 g/mol. The van der Waals surface area contributed by atoms with Crippen LogP contribution < -0.4 is 10.6 Å². The first-order chi connectivity index (χ1) is 5.15. The third kappa shape index (κ3) is 1.18. The number of rotatable bonds is 0. The zero-order valence-electron chi connectivity index (χ0n) is 5.42. The molecule has 0 aromatic rings. The molecule has 0 aromatic carbocycles. The predicted molar refractivity (Wildman–Crippen MR) is 35.0 cm³/mol. The van der Waals surface area contributed by atoms with E-state index in [1.54, 1.807) is 0 Å². The summed E-state index contributed by atoms with van der Waals surface area (Å²) in [7, 11) is 0. The minimum absolute atomic E-state index is 0.0127. The van der Waals surface area contributed by atoms with Gasteiger partial charge in [-0.3, -0.25) is 10.1 Å². The molecule has 0 unspecified atom stereocenters. The summed E-state index contributed by atoms with van der Waals surface area (Å²) in [5.41, 5.74) is -0.300. The zero-order valence-corrected chi connectivity index (χ0v) is 5.42. The van der Waals surface area contributed by atoms with Crippen LogP contribution in [-0.2, 0) is 4.79 Å². The van der Waals surface area contributed by atoms with Crippen molar-refractivity contribution in [3.8, 4) is 0 Å². The quantitative estimate of drug-likeness (QED) is 0.315. The SMILES string of the molecule is C=C1NC(=O)NC(=O)/C1=N/O. The van der Waals surface area contributed by atoms with Crippen molar-refractivity contribution in [2.45, 2.75) is 0 Å². The van der Waals surface area contributed by atoms with Gasteiger partial charge in [-0.05, 0) is 0 Å². The molecule has 58 valence electrons. The minimum atomic E-state index is -0.763. The summed E-state index contributed by atoms with van der Waals surface area (Å²) >= 11 is 0. The molecule has 3 amide bonds. The van der Waals surface area contributed by atoms with E-state index in [0.717, 1.165) is 0 Å². The number of oxime groups is 1. The Bertz CT molecular complexity index is 246. The lowest BCUT2D eigenvalue weighted by Crippen LogP contribution is -2.50. The Balaban J connectivity index is 2.93. The zero-order chi connectivity index (χ0) is 8.43. The van der Waals surface area contributed by atoms with Crippen LogP contribution in [0.1, 0.15) is 0 Å². The van der Waals surface area contributed by atoms with Gasteiger partial charge in [0, 0.05) is 0 Å². The number of carbonyl (C=O) groups is 2. The lowest BCUT2D eigenvalue weighted by molar-refractivity contribution is -0.114. The van der Waals surface area contributed by atoms with Gasteiger partial charge >= 0.3 is 6.03 Å². The Morgan fingerprint density at radius 3 is 2.45 bits per heavy atom. The topological polar surface area (TPSA) is 90.8 Å². The van der Waals surface area contributed by atoms with E-state index in [1.807, 2.05) is 5.32 Å². The average Bonchev–Trinajstić information content (AvgIpc) is 1.85. The fraction of sp³-hybridized carbons (Fsp3) is 0. The van der Waals surface area contributed by atoms with Crippen molar-refractivity contribution < 1.29 is 14.8 Å². The maximum absolute atomic E-state index is 10.7. The summed E-state index contributed by atoms with van der Waals surface area (Å²) in [6, 6.07) is -0.674. The molecule has 1 rings (SSSR count). The molecule has 1 aliphatic heterocycles. The van der Waals surface area contributed by atoms with Crippen molar-refractivity contribution in [2.75, 3.05) is 0 Å². The van der Waals surface area contributed by atoms with Crippen LogP contribution in [0.4, 0.5) is 4.79 Å². The van der Waals surface area contributed by atoms with Crippen LogP contribution in [0.2, 0.25) is 0 Å². The van der Waals surface area contributed by atoms with E-state index in [2.05, 4.69) is 17.1 Å². The first-order valence-electron chi connectivity index (χ1n) is 2.69. The van der Waals surface area contributed by atoms with Crippen LogP contribution in [0.3, 0.4) is 0 Å². The summed E-state index contributed by atoms with van der Waals surface area (Å²) < 4.78 is 0. The second kappa shape index (κ2) is 2.41. The number of hydrogen-bond donors (Lipinski definition) is 3. The highest BCUT2D eigenvalue weighted by Gasteiger charge is 2.25. The first-order valence-corrected chi connectivity index (χ1v) is 2.69. The van der Waals surface area contributed by atoms with Crippen LogP contribution >= 0.6 is 0 Å². The Morgan fingerprint density at radius 2 is 2.00 bits per heavy atom. The maximum Gasteiger partial charge on any atom is 0.326 e. The lowest BCUT2D eigenvalue weighted by atomic mass is 10.2. The number of amides is 3. The Kier molecular flexibility index (Phi) is 1.59. The van der Waals surface area contributed by atoms with Gasteiger partial charge in [0.1, 0.15) is 0 Å². The van der Waals surface area contributed by atoms with E-state index in [1.165, 1.54) is 0 Å². The normalized spacial score (nSPS) is 21.5. The summed E-state index contributed by atoms with van der Waals surface area (Å²) in [6.45, 7) is 3.28. The van der Waals surface area contributed by atoms with Gasteiger partial charge in [0.25, 0.3) is 5.91 Å². The molecule has 1 fully saturated rings. The third-order valence-corrected chi connectivity index (χ3v) is 1.09. The largest absolute Gasteiger partial charge is 0.410 e. The maximum atomic E-state index is 10.7. The van der Waals surface area contributed by atoms with Gasteiger partial charge in [0.2, 0.25) is 0 Å². The van der Waals surface area contributed by atoms with Crippen molar-refractivity contribution in [3.63, 3.8) is 0 Å². The predicted octanol–water partition coefficient (Wildman–Crippen LogP) is -0.830. The van der Waals surface area contributed by atoms with Gasteiger partial charge in [-0.2, -0.15) is 0 Å². The van der Waals surface area contributed by atoms with E-state index in [9.17, 15) is 9.59 Å². The van der Waals surface area contributed by atoms with Gasteiger partial charge in [-0.1, -0.05) is 11.7 Å². The molecule has 0 aliphatic carbocycles. The highest BCUT2D eigenvalue weighted by molar-refractivity contribution is 6.48. The number of nitrogens with zero attached hydrogens (tertiary/aromatic N) is 1. The van der Waals surface area contributed by atoms with Crippen LogP contribution in [0.5, 0.6) is 0 Å². The molecule has 11 heavy (non-hydrogen) atoms. The van der Waals surface area contributed by atoms with Crippen molar-refractivity contribution in [1.82, 2.24) is 10.6 Å². The smallest absolute Gasteiger partial charge is 0.326 e. The Hall–Kier alpha value is -1.85. The Labute approximate surface area is 61.6 Å². The molecule has 0 atom stereocenters. The second-order valence-electron chi connectivity index (χ2n) is 1.84. The van der Waals surface area contributed by atoms with Crippen LogP contribution in [-0.4, -0.2) is 22.9 Å². The molecule has 6 heteroatoms. The summed E-state index contributed by atoms with van der Waals surface area (Å²) in [5.74, 6) is -0.763. The molecule has 0 aromatic heterocycles. The number of imide groups is 1. The van der Waals surface area contributed by atoms with Gasteiger partial charge < -0.3 is 10.5 Å². The van der Waals surface area contributed by atoms with Crippen molar-refractivity contribution in [1.29, 1.82) is 0 Å². The summed E-state index contributed by atoms with van der Waals surface area (Å²) in [5, 5.41) is 14.9. The fourth-order valence-electron chi connectivity index (χ4n) is 0.633. The van der Waals surface area contributed by atoms with Gasteiger partial charge in [0.05, 0.1) is 5.70 Å². The molecule has 0 spiro atoms. The average molecular weight is 155 g/mol. The molecule has 1 saturated heterocycles. The molecule has 1 aliphatic rings. The summed E-state index contributed by atoms with van der Waals surface area (Å²) in [6.07, 6.45) is 0. The first kappa shape index (κ1) is 7.26. The van der Waals surface area contributed by atoms with Crippen molar-refractivity contribution in [3.05, 3.63) is 12.3 Å². The fourth-order valence-corrected chi connectivity index (χ4v) is 0.633. The van der Waals surface area contributed by atoms with Crippen LogP contribution in [0.25, 0.3) is 0 Å². The highest BCUT2D eigenvalue weighted by Crippen LogP contribution is 1.95. The molecule has 0 saturated carbocycles. The van der Waals surface area contributed by atoms with Gasteiger partial charge in [-0.15, -0.1) is 0 Å². The number of hydrogen-bond acceptors (Lipinski definition) is 4. The van der Waals surface area contributed by atoms with Gasteiger partial charge in [-0.25, -0.2) is 4.79 Å². The third-order valence-electron chi connectivity index (χ3n) is 1.09. The molecule has 6 nitrogen and oxygen atoms in total. The van der Waals surface area contributed by atoms with E-state index >= 15 is 0 Å². The minimum Gasteiger partial charge on any atom is -0.410 e. The van der Waals surface area contributed by atoms with Crippen LogP contribution in [0.15, 0.2) is 17.4 Å². The lowest BCUT2D eigenvalue weighted by Gasteiger charge is -2.14. The van der Waals surface area contributed by atoms with E-state index in [4.69, 9.17) is 5.21 Å². The van der Waals surface area contributed by atoms with E-state index in [-0.39, 0.29) is 11.4 Å². The van der Waals surface area contributed by atoms with E-state index < -0.39 is 11.9 Å². The Morgan fingerprint density at radius 1 is 1.36 bits per heavy atom. The number of urea groups is 1. The monoisotopic (exact) mass is 155 g/mol. The summed E-state index contributed by atoms with van der Waals surface area (Å²) in [4.78, 5) is 21.2. The van der Waals surface area contributed by atoms with E-state index in [0.29, 0.717) is 0 Å². The highest BCUT2D eigenvalue weighted by atomic mass is 16.4. The van der Waals surface area contributed by atoms with Crippen LogP contribution in [0, 0.1) is 0 Å². The molecule has 0 radical (unpaired) electrons.